The van der Waals surface area contributed by atoms with E-state index >= 15 is 0 Å². The Labute approximate surface area is 94.9 Å². The molecule has 0 spiro atoms. The van der Waals surface area contributed by atoms with Gasteiger partial charge in [0.15, 0.2) is 0 Å². The Hall–Kier alpha value is -0.510. The van der Waals surface area contributed by atoms with Gasteiger partial charge in [-0.25, -0.2) is 0 Å². The molecule has 0 amide bonds. The van der Waals surface area contributed by atoms with Gasteiger partial charge in [0.1, 0.15) is 0 Å². The Morgan fingerprint density at radius 1 is 1.13 bits per heavy atom. The fourth-order valence-electron chi connectivity index (χ4n) is 2.74. The molecule has 1 rings (SSSR count). The van der Waals surface area contributed by atoms with Crippen molar-refractivity contribution in [2.75, 3.05) is 0 Å². The van der Waals surface area contributed by atoms with Gasteiger partial charge in [-0.3, -0.25) is 0 Å². The van der Waals surface area contributed by atoms with Crippen molar-refractivity contribution in [2.45, 2.75) is 65.2 Å². The Morgan fingerprint density at radius 2 is 1.73 bits per heavy atom. The van der Waals surface area contributed by atoms with Gasteiger partial charge in [0, 0.05) is 6.42 Å². The summed E-state index contributed by atoms with van der Waals surface area (Å²) in [5.74, 6) is 2.22. The lowest BCUT2D eigenvalue weighted by molar-refractivity contribution is 0.282. The van der Waals surface area contributed by atoms with Crippen LogP contribution in [-0.2, 0) is 0 Å². The lowest BCUT2D eigenvalue weighted by atomic mass is 9.82. The van der Waals surface area contributed by atoms with Crippen LogP contribution in [0.2, 0.25) is 0 Å². The van der Waals surface area contributed by atoms with Gasteiger partial charge in [0.2, 0.25) is 0 Å². The van der Waals surface area contributed by atoms with E-state index in [4.69, 9.17) is 5.26 Å². The number of nitrogens with zero attached hydrogens (tertiary/aromatic N) is 1. The predicted molar refractivity (Wildman–Crippen MR) is 64.4 cm³/mol. The van der Waals surface area contributed by atoms with Gasteiger partial charge in [0.05, 0.1) is 6.07 Å². The lowest BCUT2D eigenvalue weighted by Crippen LogP contribution is -2.13. The minimum Gasteiger partial charge on any atom is -0.198 e. The van der Waals surface area contributed by atoms with Crippen LogP contribution >= 0.6 is 0 Å². The first-order chi connectivity index (χ1) is 7.24. The molecular formula is C14H25N. The van der Waals surface area contributed by atoms with Crippen molar-refractivity contribution in [1.29, 1.82) is 5.26 Å². The average Bonchev–Trinajstić information content (AvgIpc) is 2.45. The maximum atomic E-state index is 8.82. The summed E-state index contributed by atoms with van der Waals surface area (Å²) in [4.78, 5) is 0. The van der Waals surface area contributed by atoms with E-state index in [0.717, 1.165) is 12.3 Å². The minimum atomic E-state index is 0.637. The minimum absolute atomic E-state index is 0.637. The van der Waals surface area contributed by atoms with Gasteiger partial charge in [0.25, 0.3) is 0 Å². The normalized spacial score (nSPS) is 20.9. The highest BCUT2D eigenvalue weighted by Gasteiger charge is 2.20. The zero-order valence-electron chi connectivity index (χ0n) is 10.3. The first kappa shape index (κ1) is 12.6. The Bertz CT molecular complexity index is 194. The number of hydrogen-bond donors (Lipinski definition) is 0. The highest BCUT2D eigenvalue weighted by Crippen LogP contribution is 2.31. The molecule has 0 heterocycles. The maximum absolute atomic E-state index is 8.82. The van der Waals surface area contributed by atoms with Crippen molar-refractivity contribution < 1.29 is 0 Å². The molecule has 0 aromatic carbocycles. The summed E-state index contributed by atoms with van der Waals surface area (Å²) in [5, 5.41) is 8.82. The van der Waals surface area contributed by atoms with Crippen LogP contribution in [0.4, 0.5) is 0 Å². The molecule has 0 radical (unpaired) electrons. The van der Waals surface area contributed by atoms with Crippen molar-refractivity contribution in [3.8, 4) is 6.07 Å². The second-order valence-electron chi connectivity index (χ2n) is 5.46. The van der Waals surface area contributed by atoms with E-state index in [-0.39, 0.29) is 0 Å². The number of hydrogen-bond acceptors (Lipinski definition) is 1. The fourth-order valence-corrected chi connectivity index (χ4v) is 2.74. The largest absolute Gasteiger partial charge is 0.198 e. The van der Waals surface area contributed by atoms with Gasteiger partial charge in [-0.05, 0) is 24.2 Å². The topological polar surface area (TPSA) is 23.8 Å². The molecular weight excluding hydrogens is 182 g/mol. The Kier molecular flexibility index (Phi) is 5.76. The van der Waals surface area contributed by atoms with Crippen LogP contribution in [0, 0.1) is 29.1 Å². The lowest BCUT2D eigenvalue weighted by Gasteiger charge is -2.23. The number of rotatable bonds is 4. The van der Waals surface area contributed by atoms with Gasteiger partial charge in [-0.15, -0.1) is 0 Å². The van der Waals surface area contributed by atoms with Crippen LogP contribution < -0.4 is 0 Å². The van der Waals surface area contributed by atoms with Gasteiger partial charge in [-0.1, -0.05) is 52.4 Å². The summed E-state index contributed by atoms with van der Waals surface area (Å²) in [6.07, 6.45) is 10.6. The average molecular weight is 207 g/mol. The molecule has 15 heavy (non-hydrogen) atoms. The van der Waals surface area contributed by atoms with Crippen molar-refractivity contribution in [1.82, 2.24) is 0 Å². The molecule has 0 aliphatic heterocycles. The maximum Gasteiger partial charge on any atom is 0.0624 e. The Morgan fingerprint density at radius 3 is 2.20 bits per heavy atom. The molecule has 86 valence electrons. The van der Waals surface area contributed by atoms with E-state index in [9.17, 15) is 0 Å². The third-order valence-electron chi connectivity index (χ3n) is 3.91. The molecule has 0 N–H and O–H groups in total. The summed E-state index contributed by atoms with van der Waals surface area (Å²) >= 11 is 0. The molecule has 1 unspecified atom stereocenters. The zero-order valence-corrected chi connectivity index (χ0v) is 10.3. The zero-order chi connectivity index (χ0) is 11.1. The first-order valence-electron chi connectivity index (χ1n) is 6.61. The quantitative estimate of drug-likeness (QED) is 0.621. The van der Waals surface area contributed by atoms with Crippen LogP contribution in [0.1, 0.15) is 65.2 Å². The van der Waals surface area contributed by atoms with Gasteiger partial charge in [-0.2, -0.15) is 5.26 Å². The predicted octanol–water partition coefficient (Wildman–Crippen LogP) is 4.53. The molecule has 0 saturated heterocycles. The van der Waals surface area contributed by atoms with Crippen LogP contribution in [0.15, 0.2) is 0 Å². The number of nitriles is 1. The van der Waals surface area contributed by atoms with E-state index in [1.807, 2.05) is 0 Å². The van der Waals surface area contributed by atoms with Gasteiger partial charge < -0.3 is 0 Å². The molecule has 1 atom stereocenters. The molecule has 1 saturated carbocycles. The van der Waals surface area contributed by atoms with Crippen LogP contribution in [0.3, 0.4) is 0 Å². The van der Waals surface area contributed by atoms with E-state index < -0.39 is 0 Å². The standard InChI is InChI=1S/C14H25N/c1-12(2)14(9-10-15)11-13-7-5-3-4-6-8-13/h12-14H,3-9,11H2,1-2H3. The third kappa shape index (κ3) is 4.69. The van der Waals surface area contributed by atoms with Crippen LogP contribution in [0.5, 0.6) is 0 Å². The molecule has 1 aliphatic carbocycles. The smallest absolute Gasteiger partial charge is 0.0624 e. The summed E-state index contributed by atoms with van der Waals surface area (Å²) in [6, 6.07) is 2.35. The summed E-state index contributed by atoms with van der Waals surface area (Å²) in [5.41, 5.74) is 0. The van der Waals surface area contributed by atoms with Crippen molar-refractivity contribution in [3.05, 3.63) is 0 Å². The van der Waals surface area contributed by atoms with Crippen LogP contribution in [-0.4, -0.2) is 0 Å². The molecule has 0 aromatic rings. The highest BCUT2D eigenvalue weighted by atomic mass is 14.3. The summed E-state index contributed by atoms with van der Waals surface area (Å²) in [7, 11) is 0. The molecule has 0 aromatic heterocycles. The van der Waals surface area contributed by atoms with Crippen LogP contribution in [0.25, 0.3) is 0 Å². The van der Waals surface area contributed by atoms with E-state index in [1.54, 1.807) is 0 Å². The van der Waals surface area contributed by atoms with Crippen molar-refractivity contribution >= 4 is 0 Å². The van der Waals surface area contributed by atoms with E-state index in [0.29, 0.717) is 11.8 Å². The SMILES string of the molecule is CC(C)C(CC#N)CC1CCCCCC1. The van der Waals surface area contributed by atoms with Crippen molar-refractivity contribution in [2.24, 2.45) is 17.8 Å². The summed E-state index contributed by atoms with van der Waals surface area (Å²) < 4.78 is 0. The molecule has 1 heteroatoms. The Balaban J connectivity index is 2.38. The second kappa shape index (κ2) is 6.88. The second-order valence-corrected chi connectivity index (χ2v) is 5.46. The molecule has 1 fully saturated rings. The molecule has 1 aliphatic rings. The first-order valence-corrected chi connectivity index (χ1v) is 6.61. The monoisotopic (exact) mass is 207 g/mol. The molecule has 1 nitrogen and oxygen atoms in total. The van der Waals surface area contributed by atoms with Crippen molar-refractivity contribution in [3.63, 3.8) is 0 Å². The third-order valence-corrected chi connectivity index (χ3v) is 3.91. The fraction of sp³-hybridized carbons (Fsp3) is 0.929. The summed E-state index contributed by atoms with van der Waals surface area (Å²) in [6.45, 7) is 4.53. The molecule has 0 bridgehead atoms. The van der Waals surface area contributed by atoms with E-state index in [1.165, 1.54) is 44.9 Å². The highest BCUT2D eigenvalue weighted by molar-refractivity contribution is 4.80. The van der Waals surface area contributed by atoms with Gasteiger partial charge >= 0.3 is 0 Å². The van der Waals surface area contributed by atoms with E-state index in [2.05, 4.69) is 19.9 Å².